The van der Waals surface area contributed by atoms with Crippen molar-refractivity contribution in [2.45, 2.75) is 52.2 Å². The van der Waals surface area contributed by atoms with E-state index in [1.54, 1.807) is 13.8 Å². The number of rotatable bonds is 5. The Hall–Kier alpha value is -1.14. The normalized spacial score (nSPS) is 39.5. The highest BCUT2D eigenvalue weighted by molar-refractivity contribution is 5.95. The molecule has 1 saturated heterocycles. The van der Waals surface area contributed by atoms with Gasteiger partial charge >= 0.3 is 11.9 Å². The standard InChI is InChI=1S/C20H30O6/c1-4-23-17(21)14(18(22)24-5-2)12-6-8-19(3)13-7-9-20(16(13)15(12)19)25-10-11-26-20/h12-16H,4-11H2,1-3H3/t12-,13+,15+,16-,19-/m0/s1. The predicted octanol–water partition coefficient (Wildman–Crippen LogP) is 2.54. The molecular formula is C20H30O6. The maximum Gasteiger partial charge on any atom is 0.320 e. The Kier molecular flexibility index (Phi) is 4.55. The van der Waals surface area contributed by atoms with Crippen molar-refractivity contribution in [2.75, 3.05) is 26.4 Å². The summed E-state index contributed by atoms with van der Waals surface area (Å²) in [6.07, 6.45) is 3.92. The van der Waals surface area contributed by atoms with E-state index >= 15 is 0 Å². The summed E-state index contributed by atoms with van der Waals surface area (Å²) >= 11 is 0. The predicted molar refractivity (Wildman–Crippen MR) is 91.9 cm³/mol. The molecule has 0 amide bonds. The van der Waals surface area contributed by atoms with Gasteiger partial charge in [0.25, 0.3) is 0 Å². The molecule has 1 spiro atoms. The summed E-state index contributed by atoms with van der Waals surface area (Å²) < 4.78 is 22.7. The highest BCUT2D eigenvalue weighted by atomic mass is 16.7. The first kappa shape index (κ1) is 18.2. The maximum atomic E-state index is 12.6. The molecule has 3 aliphatic carbocycles. The average molecular weight is 366 g/mol. The van der Waals surface area contributed by atoms with Gasteiger partial charge in [-0.2, -0.15) is 0 Å². The molecule has 5 atom stereocenters. The zero-order valence-corrected chi connectivity index (χ0v) is 16.0. The van der Waals surface area contributed by atoms with Gasteiger partial charge in [0, 0.05) is 12.3 Å². The Morgan fingerprint density at radius 3 is 2.19 bits per heavy atom. The summed E-state index contributed by atoms with van der Waals surface area (Å²) in [5.74, 6) is -1.19. The van der Waals surface area contributed by atoms with Gasteiger partial charge < -0.3 is 18.9 Å². The molecule has 3 saturated carbocycles. The van der Waals surface area contributed by atoms with E-state index in [1.807, 2.05) is 0 Å². The van der Waals surface area contributed by atoms with E-state index in [-0.39, 0.29) is 36.4 Å². The Labute approximate surface area is 154 Å². The van der Waals surface area contributed by atoms with Crippen LogP contribution in [0.5, 0.6) is 0 Å². The number of ether oxygens (including phenoxy) is 4. The highest BCUT2D eigenvalue weighted by Gasteiger charge is 2.75. The summed E-state index contributed by atoms with van der Waals surface area (Å²) in [6.45, 7) is 7.67. The fourth-order valence-corrected chi connectivity index (χ4v) is 6.67. The Morgan fingerprint density at radius 1 is 1.00 bits per heavy atom. The van der Waals surface area contributed by atoms with Crippen molar-refractivity contribution in [1.29, 1.82) is 0 Å². The van der Waals surface area contributed by atoms with Crippen LogP contribution in [-0.4, -0.2) is 44.2 Å². The van der Waals surface area contributed by atoms with E-state index in [2.05, 4.69) is 6.92 Å². The molecule has 6 heteroatoms. The summed E-state index contributed by atoms with van der Waals surface area (Å²) in [5.41, 5.74) is 0.158. The lowest BCUT2D eigenvalue weighted by molar-refractivity contribution is -0.256. The molecule has 4 fully saturated rings. The van der Waals surface area contributed by atoms with E-state index in [0.29, 0.717) is 19.1 Å². The van der Waals surface area contributed by atoms with Crippen LogP contribution in [0.1, 0.15) is 46.5 Å². The van der Waals surface area contributed by atoms with Gasteiger partial charge in [-0.25, -0.2) is 0 Å². The third-order valence-corrected chi connectivity index (χ3v) is 7.50. The molecular weight excluding hydrogens is 336 g/mol. The van der Waals surface area contributed by atoms with Crippen LogP contribution in [0, 0.1) is 35.0 Å². The minimum Gasteiger partial charge on any atom is -0.465 e. The lowest BCUT2D eigenvalue weighted by Crippen LogP contribution is -2.60. The van der Waals surface area contributed by atoms with Crippen molar-refractivity contribution in [3.63, 3.8) is 0 Å². The molecule has 0 bridgehead atoms. The number of esters is 2. The molecule has 1 aliphatic heterocycles. The van der Waals surface area contributed by atoms with E-state index in [0.717, 1.165) is 25.7 Å². The minimum atomic E-state index is -0.832. The van der Waals surface area contributed by atoms with Crippen LogP contribution in [-0.2, 0) is 28.5 Å². The van der Waals surface area contributed by atoms with Crippen LogP contribution in [0.3, 0.4) is 0 Å². The van der Waals surface area contributed by atoms with Gasteiger partial charge in [0.1, 0.15) is 0 Å². The van der Waals surface area contributed by atoms with Gasteiger partial charge in [-0.1, -0.05) is 6.92 Å². The van der Waals surface area contributed by atoms with E-state index in [9.17, 15) is 9.59 Å². The second-order valence-corrected chi connectivity index (χ2v) is 8.40. The van der Waals surface area contributed by atoms with Gasteiger partial charge in [0.05, 0.1) is 26.4 Å². The fraction of sp³-hybridized carbons (Fsp3) is 0.900. The summed E-state index contributed by atoms with van der Waals surface area (Å²) in [6, 6.07) is 0. The van der Waals surface area contributed by atoms with Gasteiger partial charge in [-0.15, -0.1) is 0 Å². The Morgan fingerprint density at radius 2 is 1.62 bits per heavy atom. The van der Waals surface area contributed by atoms with Crippen molar-refractivity contribution < 1.29 is 28.5 Å². The number of fused-ring (bicyclic) bond motifs is 5. The lowest BCUT2D eigenvalue weighted by Gasteiger charge is -2.59. The number of hydrogen-bond acceptors (Lipinski definition) is 6. The van der Waals surface area contributed by atoms with Gasteiger partial charge in [-0.05, 0) is 56.3 Å². The second kappa shape index (κ2) is 6.48. The maximum absolute atomic E-state index is 12.6. The molecule has 1 heterocycles. The zero-order valence-electron chi connectivity index (χ0n) is 16.0. The second-order valence-electron chi connectivity index (χ2n) is 8.40. The summed E-state index contributed by atoms with van der Waals surface area (Å²) in [4.78, 5) is 25.3. The fourth-order valence-electron chi connectivity index (χ4n) is 6.67. The van der Waals surface area contributed by atoms with E-state index in [1.165, 1.54) is 0 Å². The van der Waals surface area contributed by atoms with Crippen LogP contribution in [0.4, 0.5) is 0 Å². The largest absolute Gasteiger partial charge is 0.465 e. The quantitative estimate of drug-likeness (QED) is 0.550. The third-order valence-electron chi connectivity index (χ3n) is 7.50. The average Bonchev–Trinajstić information content (AvgIpc) is 3.26. The molecule has 26 heavy (non-hydrogen) atoms. The Balaban J connectivity index is 1.63. The first-order valence-corrected chi connectivity index (χ1v) is 10.1. The van der Waals surface area contributed by atoms with Crippen molar-refractivity contribution in [2.24, 2.45) is 35.0 Å². The molecule has 4 aliphatic rings. The lowest BCUT2D eigenvalue weighted by atomic mass is 9.47. The van der Waals surface area contributed by atoms with Gasteiger partial charge in [0.2, 0.25) is 0 Å². The Bertz CT molecular complexity index is 565. The van der Waals surface area contributed by atoms with Crippen molar-refractivity contribution >= 4 is 11.9 Å². The zero-order chi connectivity index (χ0) is 18.5. The van der Waals surface area contributed by atoms with E-state index in [4.69, 9.17) is 18.9 Å². The van der Waals surface area contributed by atoms with Crippen molar-refractivity contribution in [1.82, 2.24) is 0 Å². The molecule has 0 aromatic heterocycles. The molecule has 146 valence electrons. The summed E-state index contributed by atoms with van der Waals surface area (Å²) in [7, 11) is 0. The topological polar surface area (TPSA) is 71.1 Å². The van der Waals surface area contributed by atoms with Crippen molar-refractivity contribution in [3.05, 3.63) is 0 Å². The van der Waals surface area contributed by atoms with Crippen molar-refractivity contribution in [3.8, 4) is 0 Å². The first-order chi connectivity index (χ1) is 12.5. The minimum absolute atomic E-state index is 0.0536. The first-order valence-electron chi connectivity index (χ1n) is 10.1. The molecule has 4 rings (SSSR count). The number of carbonyl (C=O) groups excluding carboxylic acids is 2. The molecule has 0 aromatic rings. The highest BCUT2D eigenvalue weighted by Crippen LogP contribution is 2.75. The molecule has 6 nitrogen and oxygen atoms in total. The third kappa shape index (κ3) is 2.37. The van der Waals surface area contributed by atoms with Crippen LogP contribution in [0.25, 0.3) is 0 Å². The van der Waals surface area contributed by atoms with Crippen LogP contribution in [0.15, 0.2) is 0 Å². The molecule has 0 unspecified atom stereocenters. The van der Waals surface area contributed by atoms with Gasteiger partial charge in [0.15, 0.2) is 11.7 Å². The molecule has 0 N–H and O–H groups in total. The number of hydrogen-bond donors (Lipinski definition) is 0. The smallest absolute Gasteiger partial charge is 0.320 e. The van der Waals surface area contributed by atoms with Gasteiger partial charge in [-0.3, -0.25) is 9.59 Å². The van der Waals surface area contributed by atoms with Crippen LogP contribution >= 0.6 is 0 Å². The van der Waals surface area contributed by atoms with Crippen LogP contribution in [0.2, 0.25) is 0 Å². The molecule has 0 aromatic carbocycles. The SMILES string of the molecule is CCOC(=O)C(C(=O)OCC)[C@@H]1CC[C@]2(C)[C@H]1[C@@H]1[C@H]2CCC12OCCO2. The van der Waals surface area contributed by atoms with Crippen LogP contribution < -0.4 is 0 Å². The monoisotopic (exact) mass is 366 g/mol. The molecule has 0 radical (unpaired) electrons. The summed E-state index contributed by atoms with van der Waals surface area (Å²) in [5, 5.41) is 0. The van der Waals surface area contributed by atoms with E-state index < -0.39 is 23.6 Å². The number of carbonyl (C=O) groups is 2.